The Hall–Kier alpha value is -2.85. The van der Waals surface area contributed by atoms with Crippen LogP contribution in [0.25, 0.3) is 11.1 Å². The molecule has 27 heavy (non-hydrogen) atoms. The van der Waals surface area contributed by atoms with Crippen molar-refractivity contribution in [2.24, 2.45) is 0 Å². The van der Waals surface area contributed by atoms with Gasteiger partial charge in [0, 0.05) is 40.5 Å². The highest BCUT2D eigenvalue weighted by Crippen LogP contribution is 2.40. The monoisotopic (exact) mass is 378 g/mol. The molecule has 1 atom stereocenters. The molecule has 0 aliphatic carbocycles. The Bertz CT molecular complexity index is 989. The van der Waals surface area contributed by atoms with Gasteiger partial charge in [-0.2, -0.15) is 0 Å². The maximum absolute atomic E-state index is 12.4. The van der Waals surface area contributed by atoms with Crippen LogP contribution in [0.4, 0.5) is 0 Å². The van der Waals surface area contributed by atoms with Crippen LogP contribution in [-0.2, 0) is 6.42 Å². The van der Waals surface area contributed by atoms with Gasteiger partial charge in [0.1, 0.15) is 11.9 Å². The number of rotatable bonds is 4. The predicted molar refractivity (Wildman–Crippen MR) is 106 cm³/mol. The van der Waals surface area contributed by atoms with Gasteiger partial charge in [-0.1, -0.05) is 29.8 Å². The smallest absolute Gasteiger partial charge is 0.251 e. The van der Waals surface area contributed by atoms with E-state index >= 15 is 0 Å². The van der Waals surface area contributed by atoms with Crippen molar-refractivity contribution in [3.8, 4) is 16.9 Å². The molecule has 1 aromatic heterocycles. The van der Waals surface area contributed by atoms with E-state index < -0.39 is 0 Å². The lowest BCUT2D eigenvalue weighted by Crippen LogP contribution is -2.34. The summed E-state index contributed by atoms with van der Waals surface area (Å²) in [5, 5.41) is 3.66. The molecule has 4 nitrogen and oxygen atoms in total. The number of ether oxygens (including phenoxy) is 1. The van der Waals surface area contributed by atoms with E-state index in [4.69, 9.17) is 16.3 Å². The van der Waals surface area contributed by atoms with E-state index in [-0.39, 0.29) is 12.0 Å². The molecule has 2 aromatic carbocycles. The summed E-state index contributed by atoms with van der Waals surface area (Å²) >= 11 is 6.31. The van der Waals surface area contributed by atoms with Gasteiger partial charge in [0.25, 0.3) is 5.91 Å². The lowest BCUT2D eigenvalue weighted by Gasteiger charge is -2.14. The molecule has 4 rings (SSSR count). The third-order valence-electron chi connectivity index (χ3n) is 4.73. The molecule has 1 N–H and O–H groups in total. The number of hydrogen-bond donors (Lipinski definition) is 1. The molecule has 0 saturated heterocycles. The van der Waals surface area contributed by atoms with Crippen LogP contribution in [-0.4, -0.2) is 23.5 Å². The van der Waals surface area contributed by atoms with E-state index in [0.717, 1.165) is 28.0 Å². The molecular weight excluding hydrogens is 360 g/mol. The summed E-state index contributed by atoms with van der Waals surface area (Å²) in [5.41, 5.74) is 4.66. The molecule has 5 heteroatoms. The standard InChI is InChI=1S/C22H19ClN2O2/c1-14-4-2-3-5-19(14)22(26)25-13-18-11-16-10-17(23)12-20(21(16)27-18)15-6-8-24-9-7-15/h2-10,12,18H,11,13H2,1H3,(H,25,26). The first kappa shape index (κ1) is 17.6. The third-order valence-corrected chi connectivity index (χ3v) is 4.95. The zero-order valence-corrected chi connectivity index (χ0v) is 15.7. The summed E-state index contributed by atoms with van der Waals surface area (Å²) < 4.78 is 6.17. The van der Waals surface area contributed by atoms with Crippen molar-refractivity contribution < 1.29 is 9.53 Å². The number of nitrogens with one attached hydrogen (secondary N) is 1. The normalized spacial score (nSPS) is 15.1. The number of fused-ring (bicyclic) bond motifs is 1. The molecule has 1 amide bonds. The van der Waals surface area contributed by atoms with Crippen LogP contribution in [0.1, 0.15) is 21.5 Å². The maximum Gasteiger partial charge on any atom is 0.251 e. The zero-order chi connectivity index (χ0) is 18.8. The molecule has 1 unspecified atom stereocenters. The Labute approximate surface area is 163 Å². The zero-order valence-electron chi connectivity index (χ0n) is 14.9. The summed E-state index contributed by atoms with van der Waals surface area (Å²) in [6.45, 7) is 2.37. The van der Waals surface area contributed by atoms with Crippen molar-refractivity contribution in [2.75, 3.05) is 6.54 Å². The number of benzene rings is 2. The van der Waals surface area contributed by atoms with Crippen molar-refractivity contribution in [3.05, 3.63) is 82.6 Å². The summed E-state index contributed by atoms with van der Waals surface area (Å²) in [5.74, 6) is 0.751. The number of halogens is 1. The number of pyridine rings is 1. The number of carbonyl (C=O) groups is 1. The summed E-state index contributed by atoms with van der Waals surface area (Å²) in [4.78, 5) is 16.5. The molecule has 136 valence electrons. The Morgan fingerprint density at radius 2 is 2.00 bits per heavy atom. The lowest BCUT2D eigenvalue weighted by atomic mass is 10.0. The molecular formula is C22H19ClN2O2. The number of carbonyl (C=O) groups excluding carboxylic acids is 1. The van der Waals surface area contributed by atoms with Crippen molar-refractivity contribution >= 4 is 17.5 Å². The molecule has 1 aliphatic rings. The molecule has 3 aromatic rings. The average Bonchev–Trinajstić information content (AvgIpc) is 3.09. The second kappa shape index (κ2) is 7.41. The second-order valence-electron chi connectivity index (χ2n) is 6.65. The minimum Gasteiger partial charge on any atom is -0.487 e. The molecule has 0 spiro atoms. The second-order valence-corrected chi connectivity index (χ2v) is 7.08. The number of aromatic nitrogens is 1. The van der Waals surface area contributed by atoms with Gasteiger partial charge in [-0.3, -0.25) is 9.78 Å². The fourth-order valence-corrected chi connectivity index (χ4v) is 3.62. The van der Waals surface area contributed by atoms with Crippen LogP contribution in [0, 0.1) is 6.92 Å². The molecule has 2 heterocycles. The molecule has 1 aliphatic heterocycles. The Kier molecular flexibility index (Phi) is 4.82. The number of hydrogen-bond acceptors (Lipinski definition) is 3. The van der Waals surface area contributed by atoms with Gasteiger partial charge in [-0.05, 0) is 48.4 Å². The van der Waals surface area contributed by atoms with E-state index in [9.17, 15) is 4.79 Å². The molecule has 0 bridgehead atoms. The minimum atomic E-state index is -0.118. The van der Waals surface area contributed by atoms with Crippen LogP contribution in [0.3, 0.4) is 0 Å². The molecule has 0 radical (unpaired) electrons. The fraction of sp³-hybridized carbons (Fsp3) is 0.182. The van der Waals surface area contributed by atoms with E-state index in [1.165, 1.54) is 0 Å². The topological polar surface area (TPSA) is 51.2 Å². The van der Waals surface area contributed by atoms with Crippen molar-refractivity contribution in [1.29, 1.82) is 0 Å². The molecule has 0 fully saturated rings. The first-order valence-electron chi connectivity index (χ1n) is 8.85. The highest BCUT2D eigenvalue weighted by Gasteiger charge is 2.27. The van der Waals surface area contributed by atoms with Gasteiger partial charge in [0.2, 0.25) is 0 Å². The Morgan fingerprint density at radius 3 is 2.78 bits per heavy atom. The number of aryl methyl sites for hydroxylation is 1. The van der Waals surface area contributed by atoms with E-state index in [1.54, 1.807) is 12.4 Å². The van der Waals surface area contributed by atoms with Gasteiger partial charge < -0.3 is 10.1 Å². The summed E-state index contributed by atoms with van der Waals surface area (Å²) in [6.07, 6.45) is 4.09. The summed E-state index contributed by atoms with van der Waals surface area (Å²) in [7, 11) is 0. The fourth-order valence-electron chi connectivity index (χ4n) is 3.38. The first-order valence-corrected chi connectivity index (χ1v) is 9.23. The van der Waals surface area contributed by atoms with Crippen LogP contribution in [0.2, 0.25) is 5.02 Å². The molecule has 0 saturated carbocycles. The highest BCUT2D eigenvalue weighted by molar-refractivity contribution is 6.31. The van der Waals surface area contributed by atoms with E-state index in [2.05, 4.69) is 10.3 Å². The Balaban J connectivity index is 1.50. The highest BCUT2D eigenvalue weighted by atomic mass is 35.5. The maximum atomic E-state index is 12.4. The Morgan fingerprint density at radius 1 is 1.22 bits per heavy atom. The predicted octanol–water partition coefficient (Wildman–Crippen LogP) is 4.44. The van der Waals surface area contributed by atoms with Crippen LogP contribution in [0.5, 0.6) is 5.75 Å². The van der Waals surface area contributed by atoms with Crippen LogP contribution < -0.4 is 10.1 Å². The van der Waals surface area contributed by atoms with Crippen LogP contribution in [0.15, 0.2) is 60.9 Å². The minimum absolute atomic E-state index is 0.0833. The van der Waals surface area contributed by atoms with Gasteiger partial charge in [0.05, 0.1) is 6.54 Å². The number of nitrogens with zero attached hydrogens (tertiary/aromatic N) is 1. The SMILES string of the molecule is Cc1ccccc1C(=O)NCC1Cc2cc(Cl)cc(-c3ccncc3)c2O1. The quantitative estimate of drug-likeness (QED) is 0.730. The van der Waals surface area contributed by atoms with Gasteiger partial charge in [0.15, 0.2) is 0 Å². The van der Waals surface area contributed by atoms with Gasteiger partial charge >= 0.3 is 0 Å². The van der Waals surface area contributed by atoms with Crippen molar-refractivity contribution in [3.63, 3.8) is 0 Å². The lowest BCUT2D eigenvalue weighted by molar-refractivity contribution is 0.0933. The average molecular weight is 379 g/mol. The van der Waals surface area contributed by atoms with E-state index in [1.807, 2.05) is 55.5 Å². The van der Waals surface area contributed by atoms with Crippen molar-refractivity contribution in [1.82, 2.24) is 10.3 Å². The largest absolute Gasteiger partial charge is 0.487 e. The van der Waals surface area contributed by atoms with Crippen molar-refractivity contribution in [2.45, 2.75) is 19.4 Å². The summed E-state index contributed by atoms with van der Waals surface area (Å²) in [6, 6.07) is 15.3. The van der Waals surface area contributed by atoms with Gasteiger partial charge in [-0.15, -0.1) is 0 Å². The van der Waals surface area contributed by atoms with Crippen LogP contribution >= 0.6 is 11.6 Å². The van der Waals surface area contributed by atoms with Gasteiger partial charge in [-0.25, -0.2) is 0 Å². The number of amides is 1. The third kappa shape index (κ3) is 3.67. The van der Waals surface area contributed by atoms with E-state index in [0.29, 0.717) is 23.6 Å². The first-order chi connectivity index (χ1) is 13.1.